The van der Waals surface area contributed by atoms with Crippen molar-refractivity contribution in [1.29, 1.82) is 0 Å². The van der Waals surface area contributed by atoms with E-state index in [9.17, 15) is 9.90 Å². The van der Waals surface area contributed by atoms with Crippen LogP contribution in [-0.4, -0.2) is 23.7 Å². The molecule has 0 fully saturated rings. The lowest BCUT2D eigenvalue weighted by atomic mass is 9.79. The van der Waals surface area contributed by atoms with Crippen LogP contribution < -0.4 is 5.32 Å². The minimum absolute atomic E-state index is 0.256. The standard InChI is InChI=1S/C18H23NO3/c1-13-9-10-16(22-13)17(21)19-12-18(3,14(2)20)11-15-7-5-4-6-8-15/h4-10,14,20H,11-12H2,1-3H3,(H,19,21)/t14-,18+/m1/s1. The molecule has 2 N–H and O–H groups in total. The second-order valence-electron chi connectivity index (χ2n) is 6.09. The molecule has 1 amide bonds. The fraction of sp³-hybridized carbons (Fsp3) is 0.389. The van der Waals surface area contributed by atoms with Crippen LogP contribution in [0.5, 0.6) is 0 Å². The van der Waals surface area contributed by atoms with Crippen LogP contribution in [0.25, 0.3) is 0 Å². The van der Waals surface area contributed by atoms with Crippen LogP contribution in [0, 0.1) is 12.3 Å². The molecule has 2 aromatic rings. The summed E-state index contributed by atoms with van der Waals surface area (Å²) >= 11 is 0. The molecule has 22 heavy (non-hydrogen) atoms. The third kappa shape index (κ3) is 3.98. The summed E-state index contributed by atoms with van der Waals surface area (Å²) in [6.07, 6.45) is 0.134. The van der Waals surface area contributed by atoms with E-state index in [4.69, 9.17) is 4.42 Å². The van der Waals surface area contributed by atoms with E-state index >= 15 is 0 Å². The fourth-order valence-electron chi connectivity index (χ4n) is 2.35. The second-order valence-corrected chi connectivity index (χ2v) is 6.09. The first-order valence-corrected chi connectivity index (χ1v) is 7.47. The van der Waals surface area contributed by atoms with Crippen LogP contribution in [0.15, 0.2) is 46.9 Å². The molecule has 1 aromatic carbocycles. The molecule has 0 aliphatic rings. The zero-order chi connectivity index (χ0) is 16.2. The van der Waals surface area contributed by atoms with E-state index in [1.54, 1.807) is 26.0 Å². The number of furan rings is 1. The SMILES string of the molecule is Cc1ccc(C(=O)NC[C@](C)(Cc2ccccc2)[C@@H](C)O)o1. The summed E-state index contributed by atoms with van der Waals surface area (Å²) in [5.74, 6) is 0.742. The number of hydrogen-bond acceptors (Lipinski definition) is 3. The maximum atomic E-state index is 12.1. The average molecular weight is 301 g/mol. The summed E-state index contributed by atoms with van der Waals surface area (Å²) in [4.78, 5) is 12.1. The van der Waals surface area contributed by atoms with Gasteiger partial charge < -0.3 is 14.8 Å². The van der Waals surface area contributed by atoms with Gasteiger partial charge in [-0.25, -0.2) is 0 Å². The molecule has 1 heterocycles. The van der Waals surface area contributed by atoms with Gasteiger partial charge in [-0.15, -0.1) is 0 Å². The van der Waals surface area contributed by atoms with Crippen LogP contribution in [0.2, 0.25) is 0 Å². The molecule has 2 atom stereocenters. The van der Waals surface area contributed by atoms with Gasteiger partial charge in [0.25, 0.3) is 5.91 Å². The average Bonchev–Trinajstić information content (AvgIpc) is 2.92. The molecule has 0 saturated carbocycles. The number of benzene rings is 1. The van der Waals surface area contributed by atoms with Gasteiger partial charge in [0.15, 0.2) is 5.76 Å². The number of aliphatic hydroxyl groups excluding tert-OH is 1. The number of aliphatic hydroxyl groups is 1. The van der Waals surface area contributed by atoms with Crippen LogP contribution in [-0.2, 0) is 6.42 Å². The molecular weight excluding hydrogens is 278 g/mol. The summed E-state index contributed by atoms with van der Waals surface area (Å²) in [6, 6.07) is 13.4. The number of amides is 1. The lowest BCUT2D eigenvalue weighted by molar-refractivity contribution is 0.0495. The Labute approximate surface area is 131 Å². The molecular formula is C18H23NO3. The number of hydrogen-bond donors (Lipinski definition) is 2. The lowest BCUT2D eigenvalue weighted by Gasteiger charge is -2.33. The highest BCUT2D eigenvalue weighted by molar-refractivity contribution is 5.91. The summed E-state index contributed by atoms with van der Waals surface area (Å²) in [5.41, 5.74) is 0.688. The van der Waals surface area contributed by atoms with E-state index in [1.165, 1.54) is 0 Å². The largest absolute Gasteiger partial charge is 0.456 e. The number of rotatable bonds is 6. The first-order chi connectivity index (χ1) is 10.4. The quantitative estimate of drug-likeness (QED) is 0.862. The molecule has 2 rings (SSSR count). The first kappa shape index (κ1) is 16.3. The Morgan fingerprint density at radius 1 is 1.27 bits per heavy atom. The van der Waals surface area contributed by atoms with Gasteiger partial charge in [-0.1, -0.05) is 37.3 Å². The molecule has 1 aromatic heterocycles. The molecule has 0 saturated heterocycles. The van der Waals surface area contributed by atoms with Gasteiger partial charge >= 0.3 is 0 Å². The van der Waals surface area contributed by atoms with E-state index in [-0.39, 0.29) is 5.91 Å². The first-order valence-electron chi connectivity index (χ1n) is 7.47. The summed E-state index contributed by atoms with van der Waals surface area (Å²) in [6.45, 7) is 5.90. The summed E-state index contributed by atoms with van der Waals surface area (Å²) in [7, 11) is 0. The Morgan fingerprint density at radius 3 is 2.50 bits per heavy atom. The van der Waals surface area contributed by atoms with Gasteiger partial charge in [-0.05, 0) is 38.0 Å². The van der Waals surface area contributed by atoms with Crippen molar-refractivity contribution in [1.82, 2.24) is 5.32 Å². The smallest absolute Gasteiger partial charge is 0.287 e. The predicted octanol–water partition coefficient (Wildman–Crippen LogP) is 2.95. The lowest BCUT2D eigenvalue weighted by Crippen LogP contribution is -2.43. The maximum absolute atomic E-state index is 12.1. The Morgan fingerprint density at radius 2 is 1.95 bits per heavy atom. The zero-order valence-corrected chi connectivity index (χ0v) is 13.3. The predicted molar refractivity (Wildman–Crippen MR) is 85.7 cm³/mol. The van der Waals surface area contributed by atoms with Gasteiger partial charge in [0.05, 0.1) is 6.10 Å². The van der Waals surface area contributed by atoms with E-state index in [2.05, 4.69) is 5.32 Å². The normalized spacial score (nSPS) is 15.1. The van der Waals surface area contributed by atoms with Crippen LogP contribution in [0.4, 0.5) is 0 Å². The van der Waals surface area contributed by atoms with E-state index in [1.807, 2.05) is 37.3 Å². The van der Waals surface area contributed by atoms with Gasteiger partial charge in [0.1, 0.15) is 5.76 Å². The molecule has 0 aliphatic heterocycles. The Kier molecular flexibility index (Phi) is 5.03. The third-order valence-electron chi connectivity index (χ3n) is 4.08. The van der Waals surface area contributed by atoms with E-state index in [0.29, 0.717) is 24.5 Å². The number of nitrogens with one attached hydrogen (secondary N) is 1. The van der Waals surface area contributed by atoms with Crippen LogP contribution in [0.3, 0.4) is 0 Å². The number of carbonyl (C=O) groups excluding carboxylic acids is 1. The number of aryl methyl sites for hydroxylation is 1. The molecule has 118 valence electrons. The molecule has 0 radical (unpaired) electrons. The van der Waals surface area contributed by atoms with Gasteiger partial charge in [0.2, 0.25) is 0 Å². The monoisotopic (exact) mass is 301 g/mol. The van der Waals surface area contributed by atoms with Crippen LogP contribution >= 0.6 is 0 Å². The molecule has 0 unspecified atom stereocenters. The highest BCUT2D eigenvalue weighted by Gasteiger charge is 2.31. The highest BCUT2D eigenvalue weighted by atomic mass is 16.3. The van der Waals surface area contributed by atoms with Crippen molar-refractivity contribution in [3.05, 3.63) is 59.5 Å². The summed E-state index contributed by atoms with van der Waals surface area (Å²) < 4.78 is 5.31. The van der Waals surface area contributed by atoms with Gasteiger partial charge in [0, 0.05) is 12.0 Å². The Hall–Kier alpha value is -2.07. The summed E-state index contributed by atoms with van der Waals surface area (Å²) in [5, 5.41) is 13.0. The minimum Gasteiger partial charge on any atom is -0.456 e. The maximum Gasteiger partial charge on any atom is 0.287 e. The van der Waals surface area contributed by atoms with Crippen molar-refractivity contribution in [3.63, 3.8) is 0 Å². The zero-order valence-electron chi connectivity index (χ0n) is 13.3. The molecule has 0 bridgehead atoms. The minimum atomic E-state index is -0.550. The Balaban J connectivity index is 2.03. The third-order valence-corrected chi connectivity index (χ3v) is 4.08. The van der Waals surface area contributed by atoms with Crippen molar-refractivity contribution in [2.45, 2.75) is 33.3 Å². The molecule has 4 nitrogen and oxygen atoms in total. The van der Waals surface area contributed by atoms with E-state index in [0.717, 1.165) is 5.56 Å². The van der Waals surface area contributed by atoms with Gasteiger partial charge in [-0.2, -0.15) is 0 Å². The fourth-order valence-corrected chi connectivity index (χ4v) is 2.35. The van der Waals surface area contributed by atoms with E-state index < -0.39 is 11.5 Å². The molecule has 0 spiro atoms. The van der Waals surface area contributed by atoms with Crippen molar-refractivity contribution in [3.8, 4) is 0 Å². The molecule has 4 heteroatoms. The van der Waals surface area contributed by atoms with Crippen LogP contribution in [0.1, 0.15) is 35.7 Å². The second kappa shape index (κ2) is 6.79. The number of carbonyl (C=O) groups is 1. The van der Waals surface area contributed by atoms with Crippen molar-refractivity contribution in [2.24, 2.45) is 5.41 Å². The topological polar surface area (TPSA) is 62.5 Å². The molecule has 0 aliphatic carbocycles. The van der Waals surface area contributed by atoms with Gasteiger partial charge in [-0.3, -0.25) is 4.79 Å². The van der Waals surface area contributed by atoms with Crippen molar-refractivity contribution >= 4 is 5.91 Å². The highest BCUT2D eigenvalue weighted by Crippen LogP contribution is 2.26. The van der Waals surface area contributed by atoms with Crippen molar-refractivity contribution < 1.29 is 14.3 Å². The Bertz CT molecular complexity index is 618. The van der Waals surface area contributed by atoms with Crippen molar-refractivity contribution in [2.75, 3.05) is 6.54 Å².